The standard InChI is InChI=1S/C12H15BrFNO4/c13-10-7-9(14)1-2-11(10)19-8-12(18)15(3-5-16)4-6-17/h1-2,7,16-17H,3-6,8H2. The fraction of sp³-hybridized carbons (Fsp3) is 0.417. The van der Waals surface area contributed by atoms with Crippen LogP contribution in [0.15, 0.2) is 22.7 Å². The number of hydrogen-bond acceptors (Lipinski definition) is 4. The first-order chi connectivity index (χ1) is 9.08. The molecule has 106 valence electrons. The van der Waals surface area contributed by atoms with E-state index in [2.05, 4.69) is 15.9 Å². The lowest BCUT2D eigenvalue weighted by Crippen LogP contribution is -2.38. The Kier molecular flexibility index (Phi) is 6.75. The van der Waals surface area contributed by atoms with Gasteiger partial charge in [-0.1, -0.05) is 0 Å². The number of rotatable bonds is 7. The molecule has 0 aromatic heterocycles. The zero-order chi connectivity index (χ0) is 14.3. The molecule has 0 fully saturated rings. The maximum Gasteiger partial charge on any atom is 0.260 e. The fourth-order valence-electron chi connectivity index (χ4n) is 1.43. The first-order valence-corrected chi connectivity index (χ1v) is 6.45. The van der Waals surface area contributed by atoms with Gasteiger partial charge in [0.25, 0.3) is 5.91 Å². The summed E-state index contributed by atoms with van der Waals surface area (Å²) in [6, 6.07) is 3.87. The Labute approximate surface area is 118 Å². The summed E-state index contributed by atoms with van der Waals surface area (Å²) in [5.41, 5.74) is 0. The molecule has 0 atom stereocenters. The van der Waals surface area contributed by atoms with E-state index >= 15 is 0 Å². The Morgan fingerprint density at radius 3 is 2.47 bits per heavy atom. The number of carbonyl (C=O) groups excluding carboxylic acids is 1. The van der Waals surface area contributed by atoms with Gasteiger partial charge in [0.05, 0.1) is 17.7 Å². The van der Waals surface area contributed by atoms with E-state index in [0.717, 1.165) is 0 Å². The maximum atomic E-state index is 12.9. The van der Waals surface area contributed by atoms with Crippen molar-refractivity contribution in [3.05, 3.63) is 28.5 Å². The van der Waals surface area contributed by atoms with Crippen LogP contribution in [-0.2, 0) is 4.79 Å². The third-order valence-electron chi connectivity index (χ3n) is 2.34. The van der Waals surface area contributed by atoms with Crippen molar-refractivity contribution in [2.45, 2.75) is 0 Å². The SMILES string of the molecule is O=C(COc1ccc(F)cc1Br)N(CCO)CCO. The second-order valence-electron chi connectivity index (χ2n) is 3.69. The highest BCUT2D eigenvalue weighted by atomic mass is 79.9. The van der Waals surface area contributed by atoms with E-state index in [1.54, 1.807) is 0 Å². The third-order valence-corrected chi connectivity index (χ3v) is 2.96. The van der Waals surface area contributed by atoms with Crippen molar-refractivity contribution in [2.75, 3.05) is 32.9 Å². The molecular formula is C12H15BrFNO4. The van der Waals surface area contributed by atoms with Crippen LogP contribution in [0.5, 0.6) is 5.75 Å². The molecule has 1 aromatic rings. The topological polar surface area (TPSA) is 70.0 Å². The van der Waals surface area contributed by atoms with Crippen molar-refractivity contribution in [1.82, 2.24) is 4.90 Å². The lowest BCUT2D eigenvalue weighted by atomic mass is 10.3. The summed E-state index contributed by atoms with van der Waals surface area (Å²) in [7, 11) is 0. The van der Waals surface area contributed by atoms with Crippen molar-refractivity contribution in [2.24, 2.45) is 0 Å². The summed E-state index contributed by atoms with van der Waals surface area (Å²) in [6.45, 7) is -0.358. The smallest absolute Gasteiger partial charge is 0.260 e. The molecule has 7 heteroatoms. The van der Waals surface area contributed by atoms with Gasteiger partial charge in [0.1, 0.15) is 11.6 Å². The third kappa shape index (κ3) is 5.14. The van der Waals surface area contributed by atoms with Crippen LogP contribution >= 0.6 is 15.9 Å². The van der Waals surface area contributed by atoms with Crippen LogP contribution in [0.25, 0.3) is 0 Å². The van der Waals surface area contributed by atoms with E-state index in [1.165, 1.54) is 23.1 Å². The van der Waals surface area contributed by atoms with Gasteiger partial charge in [0.15, 0.2) is 6.61 Å². The second kappa shape index (κ2) is 8.08. The summed E-state index contributed by atoms with van der Waals surface area (Å²) < 4.78 is 18.5. The number of ether oxygens (including phenoxy) is 1. The molecule has 0 bridgehead atoms. The molecule has 5 nitrogen and oxygen atoms in total. The molecular weight excluding hydrogens is 321 g/mol. The minimum absolute atomic E-state index is 0.132. The number of aliphatic hydroxyl groups excluding tert-OH is 2. The van der Waals surface area contributed by atoms with Crippen LogP contribution in [0, 0.1) is 5.82 Å². The van der Waals surface area contributed by atoms with Crippen molar-refractivity contribution >= 4 is 21.8 Å². The molecule has 0 saturated heterocycles. The number of amides is 1. The van der Waals surface area contributed by atoms with E-state index in [-0.39, 0.29) is 38.8 Å². The maximum absolute atomic E-state index is 12.9. The van der Waals surface area contributed by atoms with E-state index in [9.17, 15) is 9.18 Å². The molecule has 2 N–H and O–H groups in total. The molecule has 0 spiro atoms. The lowest BCUT2D eigenvalue weighted by Gasteiger charge is -2.20. The molecule has 0 saturated carbocycles. The van der Waals surface area contributed by atoms with Crippen molar-refractivity contribution in [3.63, 3.8) is 0 Å². The molecule has 0 radical (unpaired) electrons. The van der Waals surface area contributed by atoms with Crippen molar-refractivity contribution in [3.8, 4) is 5.75 Å². The Hall–Kier alpha value is -1.18. The van der Waals surface area contributed by atoms with Crippen LogP contribution in [0.4, 0.5) is 4.39 Å². The average molecular weight is 336 g/mol. The van der Waals surface area contributed by atoms with Crippen molar-refractivity contribution in [1.29, 1.82) is 0 Å². The predicted octanol–water partition coefficient (Wildman–Crippen LogP) is 0.780. The van der Waals surface area contributed by atoms with Crippen LogP contribution in [-0.4, -0.2) is 53.9 Å². The summed E-state index contributed by atoms with van der Waals surface area (Å²) >= 11 is 3.13. The number of benzene rings is 1. The van der Waals surface area contributed by atoms with E-state index < -0.39 is 5.82 Å². The second-order valence-corrected chi connectivity index (χ2v) is 4.55. The Bertz CT molecular complexity index is 424. The zero-order valence-corrected chi connectivity index (χ0v) is 11.8. The number of nitrogens with zero attached hydrogens (tertiary/aromatic N) is 1. The van der Waals surface area contributed by atoms with Gasteiger partial charge in [0, 0.05) is 13.1 Å². The van der Waals surface area contributed by atoms with E-state index in [0.29, 0.717) is 10.2 Å². The van der Waals surface area contributed by atoms with Crippen LogP contribution in [0.2, 0.25) is 0 Å². The molecule has 0 heterocycles. The predicted molar refractivity (Wildman–Crippen MR) is 70.3 cm³/mol. The summed E-state index contributed by atoms with van der Waals surface area (Å²) in [5, 5.41) is 17.6. The van der Waals surface area contributed by atoms with Crippen LogP contribution in [0.3, 0.4) is 0 Å². The highest BCUT2D eigenvalue weighted by Crippen LogP contribution is 2.25. The average Bonchev–Trinajstić information content (AvgIpc) is 2.37. The minimum Gasteiger partial charge on any atom is -0.483 e. The van der Waals surface area contributed by atoms with Crippen molar-refractivity contribution < 1.29 is 24.1 Å². The molecule has 1 aromatic carbocycles. The fourth-order valence-corrected chi connectivity index (χ4v) is 1.89. The molecule has 0 unspecified atom stereocenters. The molecule has 0 aliphatic rings. The minimum atomic E-state index is -0.410. The number of aliphatic hydroxyl groups is 2. The Morgan fingerprint density at radius 1 is 1.32 bits per heavy atom. The number of carbonyl (C=O) groups is 1. The highest BCUT2D eigenvalue weighted by molar-refractivity contribution is 9.10. The number of hydrogen-bond donors (Lipinski definition) is 2. The highest BCUT2D eigenvalue weighted by Gasteiger charge is 2.14. The normalized spacial score (nSPS) is 10.3. The van der Waals surface area contributed by atoms with Gasteiger partial charge in [-0.3, -0.25) is 4.79 Å². The quantitative estimate of drug-likeness (QED) is 0.772. The monoisotopic (exact) mass is 335 g/mol. The van der Waals surface area contributed by atoms with Gasteiger partial charge < -0.3 is 19.8 Å². The molecule has 19 heavy (non-hydrogen) atoms. The van der Waals surface area contributed by atoms with Gasteiger partial charge in [0.2, 0.25) is 0 Å². The Balaban J connectivity index is 2.56. The summed E-state index contributed by atoms with van der Waals surface area (Å²) in [6.07, 6.45) is 0. The largest absolute Gasteiger partial charge is 0.483 e. The van der Waals surface area contributed by atoms with Crippen LogP contribution in [0.1, 0.15) is 0 Å². The summed E-state index contributed by atoms with van der Waals surface area (Å²) in [4.78, 5) is 13.1. The lowest BCUT2D eigenvalue weighted by molar-refractivity contribution is -0.134. The van der Waals surface area contributed by atoms with E-state index in [4.69, 9.17) is 14.9 Å². The summed E-state index contributed by atoms with van der Waals surface area (Å²) in [5.74, 6) is -0.422. The van der Waals surface area contributed by atoms with Gasteiger partial charge in [-0.2, -0.15) is 0 Å². The molecule has 1 rings (SSSR count). The molecule has 1 amide bonds. The van der Waals surface area contributed by atoms with Gasteiger partial charge in [-0.25, -0.2) is 4.39 Å². The Morgan fingerprint density at radius 2 is 1.95 bits per heavy atom. The molecule has 0 aliphatic heterocycles. The number of halogens is 2. The van der Waals surface area contributed by atoms with Gasteiger partial charge in [-0.15, -0.1) is 0 Å². The van der Waals surface area contributed by atoms with E-state index in [1.807, 2.05) is 0 Å². The first kappa shape index (κ1) is 15.9. The van der Waals surface area contributed by atoms with Gasteiger partial charge in [-0.05, 0) is 34.1 Å². The van der Waals surface area contributed by atoms with Gasteiger partial charge >= 0.3 is 0 Å². The van der Waals surface area contributed by atoms with Crippen LogP contribution < -0.4 is 4.74 Å². The zero-order valence-electron chi connectivity index (χ0n) is 10.2. The molecule has 0 aliphatic carbocycles. The first-order valence-electron chi connectivity index (χ1n) is 5.65.